The van der Waals surface area contributed by atoms with Crippen LogP contribution in [0, 0.1) is 0 Å². The molecule has 8 heteroatoms. The Morgan fingerprint density at radius 3 is 2.65 bits per heavy atom. The second-order valence-electron chi connectivity index (χ2n) is 4.70. The summed E-state index contributed by atoms with van der Waals surface area (Å²) in [6.07, 6.45) is 0.426. The van der Waals surface area contributed by atoms with Gasteiger partial charge in [0.1, 0.15) is 5.52 Å². The van der Waals surface area contributed by atoms with Crippen molar-refractivity contribution in [1.82, 2.24) is 20.5 Å². The van der Waals surface area contributed by atoms with E-state index in [1.807, 2.05) is 6.07 Å². The average Bonchev–Trinajstić information content (AvgIpc) is 2.77. The summed E-state index contributed by atoms with van der Waals surface area (Å²) in [4.78, 5) is 16.1. The molecular formula is C12H12N4O3S. The molecule has 0 saturated carbocycles. The number of benzene rings is 1. The maximum absolute atomic E-state index is 12.0. The second-order valence-corrected chi connectivity index (χ2v) is 6.93. The molecule has 1 aliphatic rings. The fourth-order valence-electron chi connectivity index (χ4n) is 2.14. The minimum atomic E-state index is -3.03. The lowest BCUT2D eigenvalue weighted by molar-refractivity contribution is 0.0930. The van der Waals surface area contributed by atoms with Crippen molar-refractivity contribution < 1.29 is 13.2 Å². The van der Waals surface area contributed by atoms with E-state index in [-0.39, 0.29) is 23.4 Å². The van der Waals surface area contributed by atoms with Gasteiger partial charge < -0.3 is 5.32 Å². The molecule has 1 aromatic carbocycles. The van der Waals surface area contributed by atoms with Crippen LogP contribution in [0.3, 0.4) is 0 Å². The van der Waals surface area contributed by atoms with E-state index in [0.717, 1.165) is 0 Å². The summed E-state index contributed by atoms with van der Waals surface area (Å²) in [7, 11) is -3.03. The summed E-state index contributed by atoms with van der Waals surface area (Å²) in [6, 6.07) is 6.72. The molecular weight excluding hydrogens is 280 g/mol. The number of nitrogens with zero attached hydrogens (tertiary/aromatic N) is 3. The Balaban J connectivity index is 1.79. The zero-order valence-electron chi connectivity index (χ0n) is 10.5. The van der Waals surface area contributed by atoms with E-state index >= 15 is 0 Å². The number of fused-ring (bicyclic) bond motifs is 1. The average molecular weight is 292 g/mol. The zero-order chi connectivity index (χ0) is 14.2. The maximum Gasteiger partial charge on any atom is 0.291 e. The van der Waals surface area contributed by atoms with Gasteiger partial charge in [-0.05, 0) is 18.6 Å². The monoisotopic (exact) mass is 292 g/mol. The highest BCUT2D eigenvalue weighted by molar-refractivity contribution is 7.91. The summed E-state index contributed by atoms with van der Waals surface area (Å²) in [5.41, 5.74) is 1.18. The summed E-state index contributed by atoms with van der Waals surface area (Å²) < 4.78 is 22.7. The van der Waals surface area contributed by atoms with E-state index in [0.29, 0.717) is 17.5 Å². The molecule has 1 atom stereocenters. The zero-order valence-corrected chi connectivity index (χ0v) is 11.3. The number of para-hydroxylation sites is 1. The van der Waals surface area contributed by atoms with Crippen LogP contribution >= 0.6 is 0 Å². The predicted octanol–water partition coefficient (Wildman–Crippen LogP) is -0.0583. The Morgan fingerprint density at radius 2 is 1.95 bits per heavy atom. The first-order valence-corrected chi connectivity index (χ1v) is 7.96. The third-order valence-corrected chi connectivity index (χ3v) is 4.90. The van der Waals surface area contributed by atoms with Gasteiger partial charge in [-0.2, -0.15) is 0 Å². The first kappa shape index (κ1) is 12.9. The van der Waals surface area contributed by atoms with Gasteiger partial charge in [-0.15, -0.1) is 10.2 Å². The van der Waals surface area contributed by atoms with Crippen molar-refractivity contribution >= 4 is 26.8 Å². The minimum Gasteiger partial charge on any atom is -0.345 e. The summed E-state index contributed by atoms with van der Waals surface area (Å²) in [5, 5.41) is 10.3. The van der Waals surface area contributed by atoms with Crippen molar-refractivity contribution in [2.45, 2.75) is 12.5 Å². The smallest absolute Gasteiger partial charge is 0.291 e. The molecule has 1 aliphatic heterocycles. The highest BCUT2D eigenvalue weighted by atomic mass is 32.2. The number of rotatable bonds is 2. The van der Waals surface area contributed by atoms with E-state index in [1.165, 1.54) is 0 Å². The van der Waals surface area contributed by atoms with Crippen molar-refractivity contribution in [3.63, 3.8) is 0 Å². The van der Waals surface area contributed by atoms with Gasteiger partial charge in [0, 0.05) is 6.04 Å². The second kappa shape index (κ2) is 4.78. The predicted molar refractivity (Wildman–Crippen MR) is 71.9 cm³/mol. The van der Waals surface area contributed by atoms with Crippen LogP contribution in [0.2, 0.25) is 0 Å². The van der Waals surface area contributed by atoms with Crippen molar-refractivity contribution in [3.05, 3.63) is 30.1 Å². The minimum absolute atomic E-state index is 0.0280. The summed E-state index contributed by atoms with van der Waals surface area (Å²) in [6.45, 7) is 0. The molecule has 1 saturated heterocycles. The van der Waals surface area contributed by atoms with Crippen LogP contribution in [0.15, 0.2) is 24.3 Å². The van der Waals surface area contributed by atoms with Crippen LogP contribution in [-0.4, -0.2) is 47.1 Å². The van der Waals surface area contributed by atoms with E-state index in [2.05, 4.69) is 20.5 Å². The number of nitrogens with one attached hydrogen (secondary N) is 1. The van der Waals surface area contributed by atoms with E-state index < -0.39 is 15.7 Å². The van der Waals surface area contributed by atoms with Gasteiger partial charge in [0.05, 0.1) is 17.0 Å². The maximum atomic E-state index is 12.0. The van der Waals surface area contributed by atoms with Crippen molar-refractivity contribution in [3.8, 4) is 0 Å². The third-order valence-electron chi connectivity index (χ3n) is 3.13. The van der Waals surface area contributed by atoms with E-state index in [1.54, 1.807) is 18.2 Å². The molecule has 0 bridgehead atoms. The quantitative estimate of drug-likeness (QED) is 0.832. The normalized spacial score (nSPS) is 20.9. The van der Waals surface area contributed by atoms with Crippen LogP contribution in [0.4, 0.5) is 0 Å². The highest BCUT2D eigenvalue weighted by Crippen LogP contribution is 2.12. The first-order valence-electron chi connectivity index (χ1n) is 6.14. The van der Waals surface area contributed by atoms with Crippen molar-refractivity contribution in [2.75, 3.05) is 11.5 Å². The van der Waals surface area contributed by atoms with Gasteiger partial charge in [0.2, 0.25) is 5.82 Å². The van der Waals surface area contributed by atoms with Gasteiger partial charge >= 0.3 is 0 Å². The molecule has 1 N–H and O–H groups in total. The molecule has 0 aliphatic carbocycles. The fourth-order valence-corrected chi connectivity index (χ4v) is 3.81. The largest absolute Gasteiger partial charge is 0.345 e. The molecule has 0 spiro atoms. The topological polar surface area (TPSA) is 102 Å². The molecule has 2 aromatic rings. The Morgan fingerprint density at radius 1 is 1.20 bits per heavy atom. The van der Waals surface area contributed by atoms with Crippen LogP contribution in [0.5, 0.6) is 0 Å². The number of sulfone groups is 1. The molecule has 7 nitrogen and oxygen atoms in total. The van der Waals surface area contributed by atoms with Gasteiger partial charge in [0.15, 0.2) is 9.84 Å². The first-order chi connectivity index (χ1) is 9.53. The lowest BCUT2D eigenvalue weighted by Gasteiger charge is -2.09. The van der Waals surface area contributed by atoms with Crippen LogP contribution in [0.25, 0.3) is 11.0 Å². The van der Waals surface area contributed by atoms with Crippen molar-refractivity contribution in [2.24, 2.45) is 0 Å². The Labute approximate surface area is 115 Å². The molecule has 1 amide bonds. The van der Waals surface area contributed by atoms with Crippen LogP contribution < -0.4 is 5.32 Å². The molecule has 3 rings (SSSR count). The molecule has 0 radical (unpaired) electrons. The standard InChI is InChI=1S/C12H12N4O3S/c17-12(13-8-5-6-20(18,19)7-8)11-14-9-3-1-2-4-10(9)15-16-11/h1-4,8H,5-7H2,(H,13,17). The third kappa shape index (κ3) is 2.60. The van der Waals surface area contributed by atoms with E-state index in [9.17, 15) is 13.2 Å². The fraction of sp³-hybridized carbons (Fsp3) is 0.333. The Hall–Kier alpha value is -2.09. The number of aromatic nitrogens is 3. The van der Waals surface area contributed by atoms with Crippen LogP contribution in [0.1, 0.15) is 17.0 Å². The Bertz CT molecular complexity index is 775. The lowest BCUT2D eigenvalue weighted by Crippen LogP contribution is -2.36. The molecule has 1 fully saturated rings. The number of hydrogen-bond donors (Lipinski definition) is 1. The highest BCUT2D eigenvalue weighted by Gasteiger charge is 2.29. The van der Waals surface area contributed by atoms with Gasteiger partial charge in [0.25, 0.3) is 5.91 Å². The number of hydrogen-bond acceptors (Lipinski definition) is 6. The number of amides is 1. The van der Waals surface area contributed by atoms with Gasteiger partial charge in [-0.25, -0.2) is 13.4 Å². The van der Waals surface area contributed by atoms with Gasteiger partial charge in [-0.1, -0.05) is 12.1 Å². The number of carbonyl (C=O) groups is 1. The SMILES string of the molecule is O=C(NC1CCS(=O)(=O)C1)c1nnc2ccccc2n1. The molecule has 104 valence electrons. The van der Waals surface area contributed by atoms with E-state index in [4.69, 9.17) is 0 Å². The number of carbonyl (C=O) groups excluding carboxylic acids is 1. The lowest BCUT2D eigenvalue weighted by atomic mass is 10.2. The molecule has 1 unspecified atom stereocenters. The molecule has 2 heterocycles. The molecule has 1 aromatic heterocycles. The summed E-state index contributed by atoms with van der Waals surface area (Å²) >= 11 is 0. The van der Waals surface area contributed by atoms with Crippen molar-refractivity contribution in [1.29, 1.82) is 0 Å². The molecule has 20 heavy (non-hydrogen) atoms. The van der Waals surface area contributed by atoms with Gasteiger partial charge in [-0.3, -0.25) is 4.79 Å². The summed E-state index contributed by atoms with van der Waals surface area (Å²) in [5.74, 6) is -0.465. The Kier molecular flexibility index (Phi) is 3.09. The van der Waals surface area contributed by atoms with Crippen LogP contribution in [-0.2, 0) is 9.84 Å².